The Labute approximate surface area is 104 Å². The molecule has 0 saturated heterocycles. The van der Waals surface area contributed by atoms with Gasteiger partial charge in [-0.2, -0.15) is 17.2 Å². The Balaban J connectivity index is -0.000000405. The van der Waals surface area contributed by atoms with Gasteiger partial charge < -0.3 is 1.43 Å². The normalized spacial score (nSPS) is 12.9. The molecule has 0 aromatic heterocycles. The monoisotopic (exact) mass is 222 g/mol. The molecule has 9 heteroatoms. The first kappa shape index (κ1) is 14.8. The van der Waals surface area contributed by atoms with Crippen LogP contribution in [0.5, 0.6) is 0 Å². The largest absolute Gasteiger partial charge is 1.00 e. The van der Waals surface area contributed by atoms with Crippen molar-refractivity contribution in [2.75, 3.05) is 0 Å². The first-order valence-electron chi connectivity index (χ1n) is 1.82. The molecule has 0 bridgehead atoms. The zero-order chi connectivity index (χ0) is 8.58. The van der Waals surface area contributed by atoms with Gasteiger partial charge in [-0.15, -0.1) is 0 Å². The van der Waals surface area contributed by atoms with Gasteiger partial charge in [0.25, 0.3) is 0 Å². The molecule has 64 valence electrons. The SMILES string of the molecule is O=S(=O)(O)C(F)(F)C(F)F.[H-].[K+]. The molecule has 0 aliphatic rings. The Morgan fingerprint density at radius 1 is 1.36 bits per heavy atom. The van der Waals surface area contributed by atoms with Crippen LogP contribution >= 0.6 is 0 Å². The van der Waals surface area contributed by atoms with Crippen LogP contribution in [0.3, 0.4) is 0 Å². The predicted octanol–water partition coefficient (Wildman–Crippen LogP) is -2.15. The molecule has 0 unspecified atom stereocenters. The van der Waals surface area contributed by atoms with Gasteiger partial charge in [0.05, 0.1) is 0 Å². The summed E-state index contributed by atoms with van der Waals surface area (Å²) < 4.78 is 71.3. The second-order valence-electron chi connectivity index (χ2n) is 1.34. The van der Waals surface area contributed by atoms with E-state index in [9.17, 15) is 26.0 Å². The van der Waals surface area contributed by atoms with Gasteiger partial charge in [0.1, 0.15) is 0 Å². The molecule has 1 N–H and O–H groups in total. The van der Waals surface area contributed by atoms with Crippen molar-refractivity contribution in [3.8, 4) is 0 Å². The summed E-state index contributed by atoms with van der Waals surface area (Å²) in [5.74, 6) is 0. The summed E-state index contributed by atoms with van der Waals surface area (Å²) in [4.78, 5) is 0. The van der Waals surface area contributed by atoms with Crippen LogP contribution in [0.2, 0.25) is 0 Å². The minimum absolute atomic E-state index is 0. The molecule has 11 heavy (non-hydrogen) atoms. The van der Waals surface area contributed by atoms with E-state index in [0.29, 0.717) is 0 Å². The molecule has 0 aliphatic heterocycles. The van der Waals surface area contributed by atoms with Crippen molar-refractivity contribution in [1.82, 2.24) is 0 Å². The number of hydrogen-bond acceptors (Lipinski definition) is 2. The van der Waals surface area contributed by atoms with Gasteiger partial charge in [-0.1, -0.05) is 0 Å². The third-order valence-corrected chi connectivity index (χ3v) is 1.46. The first-order chi connectivity index (χ1) is 4.19. The van der Waals surface area contributed by atoms with E-state index in [1.807, 2.05) is 0 Å². The average molecular weight is 222 g/mol. The molecular formula is C2H3F4KO3S. The quantitative estimate of drug-likeness (QED) is 0.329. The molecule has 0 rings (SSSR count). The Morgan fingerprint density at radius 3 is 1.64 bits per heavy atom. The van der Waals surface area contributed by atoms with Crippen LogP contribution in [0.1, 0.15) is 1.43 Å². The van der Waals surface area contributed by atoms with Crippen LogP contribution in [0, 0.1) is 0 Å². The van der Waals surface area contributed by atoms with Crippen molar-refractivity contribution in [1.29, 1.82) is 0 Å². The number of halogens is 4. The van der Waals surface area contributed by atoms with Crippen molar-refractivity contribution in [3.63, 3.8) is 0 Å². The van der Waals surface area contributed by atoms with Gasteiger partial charge in [0.15, 0.2) is 0 Å². The second kappa shape index (κ2) is 4.49. The fraction of sp³-hybridized carbons (Fsp3) is 1.00. The van der Waals surface area contributed by atoms with Crippen molar-refractivity contribution < 1.29 is 83.3 Å². The van der Waals surface area contributed by atoms with E-state index in [0.717, 1.165) is 0 Å². The number of hydrogen-bond donors (Lipinski definition) is 1. The van der Waals surface area contributed by atoms with E-state index in [1.165, 1.54) is 0 Å². The summed E-state index contributed by atoms with van der Waals surface area (Å²) in [6.45, 7) is 0. The molecule has 0 aliphatic carbocycles. The average Bonchev–Trinajstić information content (AvgIpc) is 1.62. The molecule has 0 aromatic carbocycles. The van der Waals surface area contributed by atoms with Crippen LogP contribution in [-0.2, 0) is 10.1 Å². The maximum atomic E-state index is 11.5. The molecule has 0 radical (unpaired) electrons. The minimum atomic E-state index is -5.98. The fourth-order valence-corrected chi connectivity index (χ4v) is 0.338. The molecular weight excluding hydrogens is 219 g/mol. The Kier molecular flexibility index (Phi) is 6.03. The molecule has 0 atom stereocenters. The molecule has 0 spiro atoms. The molecule has 0 heterocycles. The zero-order valence-electron chi connectivity index (χ0n) is 6.26. The predicted molar refractivity (Wildman–Crippen MR) is 23.6 cm³/mol. The summed E-state index contributed by atoms with van der Waals surface area (Å²) in [7, 11) is -5.98. The molecule has 0 aromatic rings. The van der Waals surface area contributed by atoms with E-state index in [1.54, 1.807) is 0 Å². The maximum Gasteiger partial charge on any atom is 1.00 e. The topological polar surface area (TPSA) is 54.4 Å². The van der Waals surface area contributed by atoms with Crippen LogP contribution in [-0.4, -0.2) is 24.7 Å². The van der Waals surface area contributed by atoms with Crippen molar-refractivity contribution in [3.05, 3.63) is 0 Å². The summed E-state index contributed by atoms with van der Waals surface area (Å²) in [5, 5.41) is -5.37. The molecule has 0 fully saturated rings. The third-order valence-electron chi connectivity index (χ3n) is 0.598. The van der Waals surface area contributed by atoms with E-state index in [-0.39, 0.29) is 52.8 Å². The summed E-state index contributed by atoms with van der Waals surface area (Å²) in [6.07, 6.45) is -4.41. The van der Waals surface area contributed by atoms with Crippen LogP contribution < -0.4 is 51.4 Å². The van der Waals surface area contributed by atoms with Gasteiger partial charge >= 0.3 is 73.2 Å². The van der Waals surface area contributed by atoms with E-state index in [2.05, 4.69) is 0 Å². The standard InChI is InChI=1S/C2H2F4O3S.K.H/c3-1(4)2(5,6)10(7,8)9;;/h1H,(H,7,8,9);;/q;+1;-1. The zero-order valence-corrected chi connectivity index (χ0v) is 9.20. The van der Waals surface area contributed by atoms with Crippen molar-refractivity contribution >= 4 is 10.1 Å². The van der Waals surface area contributed by atoms with Crippen molar-refractivity contribution in [2.24, 2.45) is 0 Å². The van der Waals surface area contributed by atoms with Gasteiger partial charge in [0.2, 0.25) is 0 Å². The molecule has 0 saturated carbocycles. The van der Waals surface area contributed by atoms with E-state index >= 15 is 0 Å². The summed E-state index contributed by atoms with van der Waals surface area (Å²) >= 11 is 0. The second-order valence-corrected chi connectivity index (χ2v) is 2.83. The smallest absolute Gasteiger partial charge is 1.00 e. The van der Waals surface area contributed by atoms with E-state index < -0.39 is 21.8 Å². The van der Waals surface area contributed by atoms with Gasteiger partial charge in [0, 0.05) is 0 Å². The van der Waals surface area contributed by atoms with Crippen molar-refractivity contribution in [2.45, 2.75) is 11.7 Å². The Hall–Kier alpha value is 1.27. The molecule has 3 nitrogen and oxygen atoms in total. The van der Waals surface area contributed by atoms with E-state index in [4.69, 9.17) is 4.55 Å². The maximum absolute atomic E-state index is 11.5. The number of alkyl halides is 4. The minimum Gasteiger partial charge on any atom is -1.00 e. The summed E-state index contributed by atoms with van der Waals surface area (Å²) in [6, 6.07) is 0. The van der Waals surface area contributed by atoms with Gasteiger partial charge in [-0.3, -0.25) is 4.55 Å². The Bertz CT molecular complexity index is 216. The Morgan fingerprint density at radius 2 is 1.64 bits per heavy atom. The van der Waals surface area contributed by atoms with Gasteiger partial charge in [-0.25, -0.2) is 8.78 Å². The first-order valence-corrected chi connectivity index (χ1v) is 3.26. The molecule has 0 amide bonds. The van der Waals surface area contributed by atoms with Crippen LogP contribution in [0.15, 0.2) is 0 Å². The third kappa shape index (κ3) is 3.66. The number of rotatable bonds is 2. The van der Waals surface area contributed by atoms with Crippen LogP contribution in [0.4, 0.5) is 17.6 Å². The van der Waals surface area contributed by atoms with Gasteiger partial charge in [-0.05, 0) is 0 Å². The summed E-state index contributed by atoms with van der Waals surface area (Å²) in [5.41, 5.74) is 0. The van der Waals surface area contributed by atoms with Crippen LogP contribution in [0.25, 0.3) is 0 Å². The fourth-order valence-electron chi connectivity index (χ4n) is 0.113.